The van der Waals surface area contributed by atoms with Crippen molar-refractivity contribution in [1.82, 2.24) is 4.48 Å². The van der Waals surface area contributed by atoms with E-state index in [-0.39, 0.29) is 0 Å². The summed E-state index contributed by atoms with van der Waals surface area (Å²) in [6.07, 6.45) is 0. The highest BCUT2D eigenvalue weighted by atomic mass is 19.2. The van der Waals surface area contributed by atoms with Crippen LogP contribution in [0.4, 0.5) is 14.5 Å². The molecule has 0 saturated carbocycles. The summed E-state index contributed by atoms with van der Waals surface area (Å²) < 4.78 is 25.7. The molecule has 3 heteroatoms. The van der Waals surface area contributed by atoms with Crippen LogP contribution < -0.4 is 4.48 Å². The SMILES string of the molecule is C[N+](C)(C)c1ccc(F)c(F)c1. The summed E-state index contributed by atoms with van der Waals surface area (Å²) in [6.45, 7) is 0. The Hall–Kier alpha value is -0.960. The van der Waals surface area contributed by atoms with Gasteiger partial charge in [-0.1, -0.05) is 0 Å². The number of rotatable bonds is 1. The van der Waals surface area contributed by atoms with Gasteiger partial charge in [-0.25, -0.2) is 8.78 Å². The first-order valence-corrected chi connectivity index (χ1v) is 3.68. The zero-order chi connectivity index (χ0) is 9.35. The van der Waals surface area contributed by atoms with Crippen LogP contribution in [0.3, 0.4) is 0 Å². The van der Waals surface area contributed by atoms with Crippen molar-refractivity contribution >= 4 is 5.69 Å². The molecule has 0 unspecified atom stereocenters. The van der Waals surface area contributed by atoms with Crippen molar-refractivity contribution < 1.29 is 8.78 Å². The van der Waals surface area contributed by atoms with Crippen LogP contribution >= 0.6 is 0 Å². The maximum atomic E-state index is 12.7. The minimum atomic E-state index is -0.799. The van der Waals surface area contributed by atoms with Gasteiger partial charge in [0.25, 0.3) is 0 Å². The van der Waals surface area contributed by atoms with Crippen LogP contribution in [0.15, 0.2) is 18.2 Å². The first-order valence-electron chi connectivity index (χ1n) is 3.68. The predicted molar refractivity (Wildman–Crippen MR) is 45.9 cm³/mol. The summed E-state index contributed by atoms with van der Waals surface area (Å²) in [5.74, 6) is -1.59. The second-order valence-corrected chi connectivity index (χ2v) is 3.61. The fraction of sp³-hybridized carbons (Fsp3) is 0.333. The topological polar surface area (TPSA) is 0 Å². The van der Waals surface area contributed by atoms with Gasteiger partial charge in [0, 0.05) is 12.1 Å². The fourth-order valence-electron chi connectivity index (χ4n) is 0.902. The van der Waals surface area contributed by atoms with E-state index < -0.39 is 11.6 Å². The summed E-state index contributed by atoms with van der Waals surface area (Å²) in [7, 11) is 5.69. The number of quaternary nitrogens is 1. The van der Waals surface area contributed by atoms with Crippen molar-refractivity contribution in [2.45, 2.75) is 0 Å². The predicted octanol–water partition coefficient (Wildman–Crippen LogP) is 2.16. The lowest BCUT2D eigenvalue weighted by atomic mass is 10.2. The number of hydrogen-bond donors (Lipinski definition) is 0. The minimum absolute atomic E-state index is 0.483. The first kappa shape index (κ1) is 9.13. The smallest absolute Gasteiger partial charge is 0.164 e. The molecule has 0 aliphatic carbocycles. The lowest BCUT2D eigenvalue weighted by molar-refractivity contribution is 0.469. The zero-order valence-electron chi connectivity index (χ0n) is 7.44. The number of nitrogens with zero attached hydrogens (tertiary/aromatic N) is 1. The minimum Gasteiger partial charge on any atom is -0.298 e. The number of halogens is 2. The van der Waals surface area contributed by atoms with Crippen molar-refractivity contribution in [3.63, 3.8) is 0 Å². The fourth-order valence-corrected chi connectivity index (χ4v) is 0.902. The number of benzene rings is 1. The van der Waals surface area contributed by atoms with E-state index in [1.165, 1.54) is 6.07 Å². The average Bonchev–Trinajstić information content (AvgIpc) is 1.92. The molecule has 1 nitrogen and oxygen atoms in total. The van der Waals surface area contributed by atoms with E-state index in [4.69, 9.17) is 0 Å². The van der Waals surface area contributed by atoms with E-state index in [2.05, 4.69) is 0 Å². The molecule has 0 saturated heterocycles. The molecule has 0 atom stereocenters. The van der Waals surface area contributed by atoms with Crippen molar-refractivity contribution in [2.24, 2.45) is 0 Å². The van der Waals surface area contributed by atoms with Gasteiger partial charge in [-0.15, -0.1) is 0 Å². The van der Waals surface area contributed by atoms with Crippen LogP contribution in [0.2, 0.25) is 0 Å². The molecule has 1 rings (SSSR count). The molecule has 1 aromatic rings. The lowest BCUT2D eigenvalue weighted by Gasteiger charge is -2.23. The highest BCUT2D eigenvalue weighted by molar-refractivity contribution is 5.41. The Morgan fingerprint density at radius 2 is 1.58 bits per heavy atom. The Labute approximate surface area is 70.8 Å². The highest BCUT2D eigenvalue weighted by Gasteiger charge is 2.14. The Morgan fingerprint density at radius 3 is 2.00 bits per heavy atom. The van der Waals surface area contributed by atoms with E-state index in [0.717, 1.165) is 11.8 Å². The van der Waals surface area contributed by atoms with Crippen LogP contribution in [-0.4, -0.2) is 21.1 Å². The van der Waals surface area contributed by atoms with Gasteiger partial charge in [0.1, 0.15) is 5.69 Å². The van der Waals surface area contributed by atoms with E-state index in [9.17, 15) is 8.78 Å². The van der Waals surface area contributed by atoms with E-state index in [1.807, 2.05) is 21.1 Å². The summed E-state index contributed by atoms with van der Waals surface area (Å²) >= 11 is 0. The molecule has 0 amide bonds. The summed E-state index contributed by atoms with van der Waals surface area (Å²) in [6, 6.07) is 3.95. The first-order chi connectivity index (χ1) is 5.41. The maximum Gasteiger partial charge on any atom is 0.164 e. The molecule has 0 bridgehead atoms. The molecule has 0 aromatic heterocycles. The third kappa shape index (κ3) is 1.80. The van der Waals surface area contributed by atoms with Crippen LogP contribution in [0.5, 0.6) is 0 Å². The Bertz CT molecular complexity index is 289. The van der Waals surface area contributed by atoms with Gasteiger partial charge in [-0.3, -0.25) is 4.48 Å². The number of hydrogen-bond acceptors (Lipinski definition) is 0. The second-order valence-electron chi connectivity index (χ2n) is 3.61. The third-order valence-corrected chi connectivity index (χ3v) is 1.68. The van der Waals surface area contributed by atoms with Gasteiger partial charge in [0.15, 0.2) is 11.6 Å². The molecular weight excluding hydrogens is 160 g/mol. The lowest BCUT2D eigenvalue weighted by Crippen LogP contribution is -2.34. The van der Waals surface area contributed by atoms with Gasteiger partial charge < -0.3 is 0 Å². The van der Waals surface area contributed by atoms with Gasteiger partial charge >= 0.3 is 0 Å². The summed E-state index contributed by atoms with van der Waals surface area (Å²) in [5.41, 5.74) is 0.744. The Balaban J connectivity index is 3.14. The van der Waals surface area contributed by atoms with Gasteiger partial charge in [-0.05, 0) is 6.07 Å². The normalized spacial score (nSPS) is 11.8. The van der Waals surface area contributed by atoms with Crippen molar-refractivity contribution in [2.75, 3.05) is 21.1 Å². The molecule has 0 heterocycles. The van der Waals surface area contributed by atoms with Crippen LogP contribution in [-0.2, 0) is 0 Å². The quantitative estimate of drug-likeness (QED) is 0.569. The molecule has 0 aliphatic rings. The van der Waals surface area contributed by atoms with Crippen molar-refractivity contribution in [1.29, 1.82) is 0 Å². The standard InChI is InChI=1S/C9H12F2N/c1-12(2,3)7-4-5-8(10)9(11)6-7/h4-6H,1-3H3/q+1. The Kier molecular flexibility index (Phi) is 2.15. The van der Waals surface area contributed by atoms with Crippen molar-refractivity contribution in [3.8, 4) is 0 Å². The monoisotopic (exact) mass is 172 g/mol. The maximum absolute atomic E-state index is 12.7. The van der Waals surface area contributed by atoms with Gasteiger partial charge in [-0.2, -0.15) is 0 Å². The zero-order valence-corrected chi connectivity index (χ0v) is 7.44. The second kappa shape index (κ2) is 2.83. The molecule has 0 aliphatic heterocycles. The molecule has 66 valence electrons. The average molecular weight is 172 g/mol. The molecule has 1 aromatic carbocycles. The highest BCUT2D eigenvalue weighted by Crippen LogP contribution is 2.19. The Morgan fingerprint density at radius 1 is 1.00 bits per heavy atom. The molecule has 12 heavy (non-hydrogen) atoms. The van der Waals surface area contributed by atoms with E-state index >= 15 is 0 Å². The summed E-state index contributed by atoms with van der Waals surface area (Å²) in [5, 5.41) is 0. The van der Waals surface area contributed by atoms with Gasteiger partial charge in [0.05, 0.1) is 21.1 Å². The van der Waals surface area contributed by atoms with Crippen molar-refractivity contribution in [3.05, 3.63) is 29.8 Å². The van der Waals surface area contributed by atoms with Crippen LogP contribution in [0, 0.1) is 11.6 Å². The molecular formula is C9H12F2N+. The molecule has 0 radical (unpaired) electrons. The third-order valence-electron chi connectivity index (χ3n) is 1.68. The molecule has 0 spiro atoms. The van der Waals surface area contributed by atoms with E-state index in [1.54, 1.807) is 6.07 Å². The molecule has 0 fully saturated rings. The van der Waals surface area contributed by atoms with Crippen LogP contribution in [0.25, 0.3) is 0 Å². The van der Waals surface area contributed by atoms with Gasteiger partial charge in [0.2, 0.25) is 0 Å². The largest absolute Gasteiger partial charge is 0.298 e. The molecule has 0 N–H and O–H groups in total. The van der Waals surface area contributed by atoms with Crippen LogP contribution in [0.1, 0.15) is 0 Å². The summed E-state index contributed by atoms with van der Waals surface area (Å²) in [4.78, 5) is 0. The van der Waals surface area contributed by atoms with E-state index in [0.29, 0.717) is 4.48 Å².